The van der Waals surface area contributed by atoms with Crippen LogP contribution in [0.2, 0.25) is 0 Å². The molecular weight excluding hydrogens is 323 g/mol. The van der Waals surface area contributed by atoms with Crippen LogP contribution >= 0.6 is 15.9 Å². The highest BCUT2D eigenvalue weighted by Gasteiger charge is 2.36. The molecule has 0 saturated heterocycles. The number of alkyl halides is 3. The molecule has 0 bridgehead atoms. The number of amides is 1. The Labute approximate surface area is 107 Å². The molecule has 0 aromatic carbocycles. The zero-order valence-electron chi connectivity index (χ0n) is 8.62. The molecule has 0 spiro atoms. The SMILES string of the molecule is O=C(NC(CC(F)(F)F)C(=O)O)c1occc1Br. The van der Waals surface area contributed by atoms with E-state index in [1.807, 2.05) is 0 Å². The molecule has 1 unspecified atom stereocenters. The van der Waals surface area contributed by atoms with Gasteiger partial charge in [-0.1, -0.05) is 0 Å². The Kier molecular flexibility index (Phi) is 4.38. The minimum Gasteiger partial charge on any atom is -0.480 e. The van der Waals surface area contributed by atoms with Crippen LogP contribution in [0.25, 0.3) is 0 Å². The summed E-state index contributed by atoms with van der Waals surface area (Å²) in [5.74, 6) is -3.10. The van der Waals surface area contributed by atoms with Crippen LogP contribution in [0.4, 0.5) is 13.2 Å². The maximum absolute atomic E-state index is 12.1. The molecule has 1 aromatic heterocycles. The van der Waals surface area contributed by atoms with E-state index < -0.39 is 30.5 Å². The molecular formula is C9H7BrF3NO4. The first-order valence-electron chi connectivity index (χ1n) is 4.54. The second-order valence-corrected chi connectivity index (χ2v) is 4.14. The fourth-order valence-corrected chi connectivity index (χ4v) is 1.49. The van der Waals surface area contributed by atoms with Crippen LogP contribution in [-0.4, -0.2) is 29.2 Å². The molecule has 1 aromatic rings. The Morgan fingerprint density at radius 1 is 1.50 bits per heavy atom. The van der Waals surface area contributed by atoms with Gasteiger partial charge in [-0.3, -0.25) is 4.79 Å². The monoisotopic (exact) mass is 329 g/mol. The van der Waals surface area contributed by atoms with Crippen LogP contribution in [-0.2, 0) is 4.79 Å². The second kappa shape index (κ2) is 5.42. The zero-order chi connectivity index (χ0) is 13.9. The van der Waals surface area contributed by atoms with Crippen LogP contribution in [0.1, 0.15) is 17.0 Å². The smallest absolute Gasteiger partial charge is 0.391 e. The van der Waals surface area contributed by atoms with Crippen LogP contribution in [0.5, 0.6) is 0 Å². The van der Waals surface area contributed by atoms with Gasteiger partial charge in [0.05, 0.1) is 17.2 Å². The van der Waals surface area contributed by atoms with Crippen LogP contribution in [0.3, 0.4) is 0 Å². The van der Waals surface area contributed by atoms with Crippen molar-refractivity contribution < 1.29 is 32.3 Å². The highest BCUT2D eigenvalue weighted by atomic mass is 79.9. The van der Waals surface area contributed by atoms with Gasteiger partial charge in [0.1, 0.15) is 6.04 Å². The van der Waals surface area contributed by atoms with Gasteiger partial charge in [0.15, 0.2) is 0 Å². The summed E-state index contributed by atoms with van der Waals surface area (Å²) in [6, 6.07) is -0.705. The lowest BCUT2D eigenvalue weighted by molar-refractivity contribution is -0.157. The van der Waals surface area contributed by atoms with E-state index in [9.17, 15) is 22.8 Å². The molecule has 0 saturated carbocycles. The summed E-state index contributed by atoms with van der Waals surface area (Å²) < 4.78 is 41.2. The molecule has 1 heterocycles. The van der Waals surface area contributed by atoms with Gasteiger partial charge in [0, 0.05) is 0 Å². The third-order valence-electron chi connectivity index (χ3n) is 1.86. The Bertz CT molecular complexity index is 457. The molecule has 0 aliphatic heterocycles. The maximum Gasteiger partial charge on any atom is 0.391 e. The number of carbonyl (C=O) groups excluding carboxylic acids is 1. The van der Waals surface area contributed by atoms with Gasteiger partial charge in [0.25, 0.3) is 5.91 Å². The van der Waals surface area contributed by atoms with E-state index in [-0.39, 0.29) is 10.2 Å². The number of hydrogen-bond acceptors (Lipinski definition) is 3. The molecule has 1 rings (SSSR count). The summed E-state index contributed by atoms with van der Waals surface area (Å²) in [5.41, 5.74) is 0. The lowest BCUT2D eigenvalue weighted by Crippen LogP contribution is -2.43. The van der Waals surface area contributed by atoms with Crippen molar-refractivity contribution in [2.24, 2.45) is 0 Å². The van der Waals surface area contributed by atoms with Crippen molar-refractivity contribution in [2.75, 3.05) is 0 Å². The average Bonchev–Trinajstić information content (AvgIpc) is 2.61. The second-order valence-electron chi connectivity index (χ2n) is 3.28. The quantitative estimate of drug-likeness (QED) is 0.887. The lowest BCUT2D eigenvalue weighted by atomic mass is 10.2. The summed E-state index contributed by atoms with van der Waals surface area (Å²) in [4.78, 5) is 22.1. The van der Waals surface area contributed by atoms with Gasteiger partial charge < -0.3 is 14.8 Å². The van der Waals surface area contributed by atoms with E-state index in [0.29, 0.717) is 0 Å². The summed E-state index contributed by atoms with van der Waals surface area (Å²) in [5, 5.41) is 10.3. The molecule has 0 fully saturated rings. The molecule has 0 aliphatic rings. The molecule has 9 heteroatoms. The molecule has 2 N–H and O–H groups in total. The number of nitrogens with one attached hydrogen (secondary N) is 1. The first-order chi connectivity index (χ1) is 8.20. The standard InChI is InChI=1S/C9H7BrF3NO4/c10-4-1-2-18-6(4)7(15)14-5(8(16)17)3-9(11,12)13/h1-2,5H,3H2,(H,14,15)(H,16,17). The topological polar surface area (TPSA) is 79.5 Å². The molecule has 0 aliphatic carbocycles. The van der Waals surface area contributed by atoms with E-state index in [1.54, 1.807) is 5.32 Å². The summed E-state index contributed by atoms with van der Waals surface area (Å²) in [6.07, 6.45) is -5.22. The fourth-order valence-electron chi connectivity index (χ4n) is 1.11. The van der Waals surface area contributed by atoms with Gasteiger partial charge in [-0.25, -0.2) is 4.79 Å². The number of carboxylic acids is 1. The Morgan fingerprint density at radius 2 is 2.11 bits per heavy atom. The normalized spacial score (nSPS) is 13.1. The van der Waals surface area contributed by atoms with Crippen molar-refractivity contribution in [1.29, 1.82) is 0 Å². The highest BCUT2D eigenvalue weighted by molar-refractivity contribution is 9.10. The Balaban J connectivity index is 2.76. The Morgan fingerprint density at radius 3 is 2.50 bits per heavy atom. The molecule has 18 heavy (non-hydrogen) atoms. The highest BCUT2D eigenvalue weighted by Crippen LogP contribution is 2.22. The number of carboxylic acid groups (broad SMARTS) is 1. The first kappa shape index (κ1) is 14.6. The predicted octanol–water partition coefficient (Wildman–Crippen LogP) is 2.18. The largest absolute Gasteiger partial charge is 0.480 e. The van der Waals surface area contributed by atoms with Crippen LogP contribution in [0.15, 0.2) is 21.2 Å². The van der Waals surface area contributed by atoms with Crippen molar-refractivity contribution >= 4 is 27.8 Å². The number of carbonyl (C=O) groups is 2. The fraction of sp³-hybridized carbons (Fsp3) is 0.333. The van der Waals surface area contributed by atoms with Gasteiger partial charge in [-0.2, -0.15) is 13.2 Å². The number of rotatable bonds is 4. The zero-order valence-corrected chi connectivity index (χ0v) is 10.2. The first-order valence-corrected chi connectivity index (χ1v) is 5.33. The Hall–Kier alpha value is -1.51. The van der Waals surface area contributed by atoms with Crippen molar-refractivity contribution in [3.8, 4) is 0 Å². The lowest BCUT2D eigenvalue weighted by Gasteiger charge is -2.15. The number of aliphatic carboxylic acids is 1. The van der Waals surface area contributed by atoms with Gasteiger partial charge in [-0.05, 0) is 22.0 Å². The minimum atomic E-state index is -4.70. The van der Waals surface area contributed by atoms with E-state index >= 15 is 0 Å². The van der Waals surface area contributed by atoms with Crippen LogP contribution < -0.4 is 5.32 Å². The summed E-state index contributed by atoms with van der Waals surface area (Å²) in [7, 11) is 0. The van der Waals surface area contributed by atoms with Crippen LogP contribution in [0, 0.1) is 0 Å². The number of hydrogen-bond donors (Lipinski definition) is 2. The maximum atomic E-state index is 12.1. The van der Waals surface area contributed by atoms with Gasteiger partial charge in [-0.15, -0.1) is 0 Å². The molecule has 100 valence electrons. The molecule has 0 radical (unpaired) electrons. The number of furan rings is 1. The van der Waals surface area contributed by atoms with Gasteiger partial charge >= 0.3 is 12.1 Å². The van der Waals surface area contributed by atoms with Gasteiger partial charge in [0.2, 0.25) is 5.76 Å². The van der Waals surface area contributed by atoms with Crippen molar-refractivity contribution in [1.82, 2.24) is 5.32 Å². The molecule has 1 amide bonds. The summed E-state index contributed by atoms with van der Waals surface area (Å²) >= 11 is 2.93. The molecule has 5 nitrogen and oxygen atoms in total. The van der Waals surface area contributed by atoms with E-state index in [0.717, 1.165) is 6.26 Å². The van der Waals surface area contributed by atoms with E-state index in [2.05, 4.69) is 15.9 Å². The summed E-state index contributed by atoms with van der Waals surface area (Å²) in [6.45, 7) is 0. The van der Waals surface area contributed by atoms with E-state index in [4.69, 9.17) is 9.52 Å². The third kappa shape index (κ3) is 4.06. The van der Waals surface area contributed by atoms with Crippen molar-refractivity contribution in [2.45, 2.75) is 18.6 Å². The molecule has 1 atom stereocenters. The number of halogens is 4. The van der Waals surface area contributed by atoms with Crippen molar-refractivity contribution in [3.05, 3.63) is 22.6 Å². The third-order valence-corrected chi connectivity index (χ3v) is 2.49. The predicted molar refractivity (Wildman–Crippen MR) is 56.0 cm³/mol. The van der Waals surface area contributed by atoms with Crippen molar-refractivity contribution in [3.63, 3.8) is 0 Å². The minimum absolute atomic E-state index is 0.219. The van der Waals surface area contributed by atoms with E-state index in [1.165, 1.54) is 6.07 Å². The average molecular weight is 330 g/mol.